The molecule has 1 rings (SSSR count). The number of hydrogen-bond donors (Lipinski definition) is 3. The summed E-state index contributed by atoms with van der Waals surface area (Å²) in [7, 11) is 1.89. The first-order chi connectivity index (χ1) is 9.85. The van der Waals surface area contributed by atoms with Crippen LogP contribution >= 0.6 is 11.3 Å². The second-order valence-electron chi connectivity index (χ2n) is 4.95. The minimum atomic E-state index is -0.293. The lowest BCUT2D eigenvalue weighted by atomic mass is 10.3. The van der Waals surface area contributed by atoms with Gasteiger partial charge in [0.2, 0.25) is 5.91 Å². The average Bonchev–Trinajstić information content (AvgIpc) is 2.79. The molecule has 0 aromatic carbocycles. The van der Waals surface area contributed by atoms with Crippen molar-refractivity contribution >= 4 is 34.1 Å². The van der Waals surface area contributed by atoms with E-state index in [1.54, 1.807) is 0 Å². The second kappa shape index (κ2) is 7.82. The highest BCUT2D eigenvalue weighted by Crippen LogP contribution is 2.27. The maximum absolute atomic E-state index is 12.0. The Kier molecular flexibility index (Phi) is 6.41. The van der Waals surface area contributed by atoms with E-state index in [-0.39, 0.29) is 36.6 Å². The fourth-order valence-electron chi connectivity index (χ4n) is 1.55. The van der Waals surface area contributed by atoms with E-state index < -0.39 is 0 Å². The summed E-state index contributed by atoms with van der Waals surface area (Å²) in [5.74, 6) is -0.161. The fourth-order valence-corrected chi connectivity index (χ4v) is 2.47. The van der Waals surface area contributed by atoms with Crippen LogP contribution in [0, 0.1) is 0 Å². The summed E-state index contributed by atoms with van der Waals surface area (Å²) in [5.41, 5.74) is 5.76. The van der Waals surface area contributed by atoms with Gasteiger partial charge in [0.1, 0.15) is 10.7 Å². The average molecular weight is 313 g/mol. The van der Waals surface area contributed by atoms with Crippen molar-refractivity contribution in [2.75, 3.05) is 30.8 Å². The Bertz CT molecular complexity index is 501. The number of nitrogens with zero attached hydrogens (tertiary/aromatic N) is 2. The molecule has 0 bridgehead atoms. The smallest absolute Gasteiger partial charge is 0.265 e. The van der Waals surface area contributed by atoms with Crippen LogP contribution in [0.4, 0.5) is 10.9 Å². The number of nitrogens with one attached hydrogen (secondary N) is 2. The van der Waals surface area contributed by atoms with Gasteiger partial charge in [-0.25, -0.2) is 4.98 Å². The molecule has 0 unspecified atom stereocenters. The normalized spacial score (nSPS) is 10.5. The largest absolute Gasteiger partial charge is 0.382 e. The van der Waals surface area contributed by atoms with E-state index in [0.29, 0.717) is 10.0 Å². The summed E-state index contributed by atoms with van der Waals surface area (Å²) in [6, 6.07) is 0.0949. The van der Waals surface area contributed by atoms with Crippen LogP contribution in [0.1, 0.15) is 36.9 Å². The van der Waals surface area contributed by atoms with Crippen molar-refractivity contribution < 1.29 is 9.59 Å². The molecule has 0 saturated heterocycles. The van der Waals surface area contributed by atoms with Crippen molar-refractivity contribution in [1.29, 1.82) is 0 Å². The molecule has 0 atom stereocenters. The van der Waals surface area contributed by atoms with Gasteiger partial charge in [0.15, 0.2) is 5.13 Å². The molecule has 1 aromatic rings. The van der Waals surface area contributed by atoms with Gasteiger partial charge >= 0.3 is 0 Å². The van der Waals surface area contributed by atoms with E-state index in [0.717, 1.165) is 6.54 Å². The highest BCUT2D eigenvalue weighted by molar-refractivity contribution is 7.18. The van der Waals surface area contributed by atoms with Crippen molar-refractivity contribution in [1.82, 2.24) is 15.6 Å². The van der Waals surface area contributed by atoms with Crippen molar-refractivity contribution in [2.45, 2.75) is 33.2 Å². The first kappa shape index (κ1) is 17.2. The molecule has 2 amide bonds. The Balaban J connectivity index is 2.52. The van der Waals surface area contributed by atoms with Gasteiger partial charge in [-0.15, -0.1) is 0 Å². The Morgan fingerprint density at radius 2 is 2.10 bits per heavy atom. The molecular formula is C13H23N5O2S. The number of aromatic nitrogens is 1. The quantitative estimate of drug-likeness (QED) is 0.692. The molecule has 0 aliphatic rings. The van der Waals surface area contributed by atoms with Crippen LogP contribution in [0.3, 0.4) is 0 Å². The number of carbonyl (C=O) groups excluding carboxylic acids is 2. The van der Waals surface area contributed by atoms with Gasteiger partial charge in [-0.1, -0.05) is 11.3 Å². The van der Waals surface area contributed by atoms with Crippen LogP contribution in [0.25, 0.3) is 0 Å². The summed E-state index contributed by atoms with van der Waals surface area (Å²) in [6.45, 7) is 6.82. The van der Waals surface area contributed by atoms with Crippen LogP contribution in [0.15, 0.2) is 0 Å². The maximum Gasteiger partial charge on any atom is 0.265 e. The molecule has 0 aliphatic carbocycles. The van der Waals surface area contributed by atoms with E-state index in [1.807, 2.05) is 32.7 Å². The van der Waals surface area contributed by atoms with Crippen molar-refractivity contribution in [3.8, 4) is 0 Å². The third kappa shape index (κ3) is 5.22. The van der Waals surface area contributed by atoms with E-state index in [2.05, 4.69) is 15.6 Å². The summed E-state index contributed by atoms with van der Waals surface area (Å²) in [5, 5.41) is 6.16. The lowest BCUT2D eigenvalue weighted by Crippen LogP contribution is -2.34. The first-order valence-electron chi connectivity index (χ1n) is 6.90. The SMILES string of the molecule is CCN(C)c1nc(N)c(C(=O)NCCC(=O)NC(C)C)s1. The summed E-state index contributed by atoms with van der Waals surface area (Å²) in [6.07, 6.45) is 0.240. The number of hydrogen-bond acceptors (Lipinski definition) is 6. The summed E-state index contributed by atoms with van der Waals surface area (Å²) >= 11 is 1.25. The molecule has 118 valence electrons. The van der Waals surface area contributed by atoms with Crippen LogP contribution in [0.2, 0.25) is 0 Å². The fraction of sp³-hybridized carbons (Fsp3) is 0.615. The van der Waals surface area contributed by atoms with Crippen LogP contribution in [-0.2, 0) is 4.79 Å². The molecule has 0 spiro atoms. The molecule has 7 nitrogen and oxygen atoms in total. The lowest BCUT2D eigenvalue weighted by molar-refractivity contribution is -0.121. The Labute approximate surface area is 128 Å². The number of anilines is 2. The standard InChI is InChI=1S/C13H23N5O2S/c1-5-18(4)13-17-11(14)10(21-13)12(20)15-7-6-9(19)16-8(2)3/h8H,5-7,14H2,1-4H3,(H,15,20)(H,16,19). The Hall–Kier alpha value is -1.83. The number of carbonyl (C=O) groups is 2. The Morgan fingerprint density at radius 3 is 2.67 bits per heavy atom. The van der Waals surface area contributed by atoms with Gasteiger partial charge in [0.25, 0.3) is 5.91 Å². The number of amides is 2. The lowest BCUT2D eigenvalue weighted by Gasteiger charge is -2.11. The van der Waals surface area contributed by atoms with Crippen LogP contribution in [-0.4, -0.2) is 43.0 Å². The van der Waals surface area contributed by atoms with Crippen molar-refractivity contribution in [2.24, 2.45) is 0 Å². The zero-order chi connectivity index (χ0) is 16.0. The summed E-state index contributed by atoms with van der Waals surface area (Å²) in [4.78, 5) is 30.0. The predicted octanol–water partition coefficient (Wildman–Crippen LogP) is 0.826. The van der Waals surface area contributed by atoms with Gasteiger partial charge in [-0.3, -0.25) is 9.59 Å². The predicted molar refractivity (Wildman–Crippen MR) is 85.7 cm³/mol. The van der Waals surface area contributed by atoms with Gasteiger partial charge < -0.3 is 21.3 Å². The molecule has 1 aromatic heterocycles. The molecule has 8 heteroatoms. The van der Waals surface area contributed by atoms with E-state index >= 15 is 0 Å². The van der Waals surface area contributed by atoms with Crippen molar-refractivity contribution in [3.63, 3.8) is 0 Å². The summed E-state index contributed by atoms with van der Waals surface area (Å²) < 4.78 is 0. The molecule has 0 saturated carbocycles. The third-order valence-corrected chi connectivity index (χ3v) is 3.92. The molecule has 0 fully saturated rings. The first-order valence-corrected chi connectivity index (χ1v) is 7.71. The monoisotopic (exact) mass is 313 g/mol. The van der Waals surface area contributed by atoms with Gasteiger partial charge in [0, 0.05) is 32.6 Å². The van der Waals surface area contributed by atoms with E-state index in [4.69, 9.17) is 5.73 Å². The Morgan fingerprint density at radius 1 is 1.43 bits per heavy atom. The number of thiazole rings is 1. The van der Waals surface area contributed by atoms with Crippen LogP contribution in [0.5, 0.6) is 0 Å². The molecule has 0 radical (unpaired) electrons. The highest BCUT2D eigenvalue weighted by Gasteiger charge is 2.17. The zero-order valence-electron chi connectivity index (χ0n) is 12.9. The molecule has 0 aliphatic heterocycles. The zero-order valence-corrected chi connectivity index (χ0v) is 13.7. The van der Waals surface area contributed by atoms with Gasteiger partial charge in [-0.05, 0) is 20.8 Å². The molecule has 1 heterocycles. The number of nitrogens with two attached hydrogens (primary N) is 1. The van der Waals surface area contributed by atoms with E-state index in [9.17, 15) is 9.59 Å². The number of nitrogen functional groups attached to an aromatic ring is 1. The topological polar surface area (TPSA) is 100 Å². The van der Waals surface area contributed by atoms with Gasteiger partial charge in [0.05, 0.1) is 0 Å². The van der Waals surface area contributed by atoms with Crippen molar-refractivity contribution in [3.05, 3.63) is 4.88 Å². The highest BCUT2D eigenvalue weighted by atomic mass is 32.1. The van der Waals surface area contributed by atoms with Crippen LogP contribution < -0.4 is 21.3 Å². The minimum Gasteiger partial charge on any atom is -0.382 e. The second-order valence-corrected chi connectivity index (χ2v) is 5.93. The van der Waals surface area contributed by atoms with Gasteiger partial charge in [-0.2, -0.15) is 0 Å². The maximum atomic E-state index is 12.0. The number of rotatable bonds is 7. The third-order valence-electron chi connectivity index (χ3n) is 2.74. The minimum absolute atomic E-state index is 0.0889. The van der Waals surface area contributed by atoms with E-state index in [1.165, 1.54) is 11.3 Å². The molecular weight excluding hydrogens is 290 g/mol. The molecule has 4 N–H and O–H groups in total. The molecule has 21 heavy (non-hydrogen) atoms.